The van der Waals surface area contributed by atoms with E-state index >= 15 is 0 Å². The second-order valence-electron chi connectivity index (χ2n) is 9.29. The Morgan fingerprint density at radius 1 is 0.955 bits per heavy atom. The first-order valence-corrected chi connectivity index (χ1v) is 15.5. The van der Waals surface area contributed by atoms with Crippen molar-refractivity contribution < 1.29 is 32.1 Å². The summed E-state index contributed by atoms with van der Waals surface area (Å²) in [4.78, 5) is 36.1. The van der Waals surface area contributed by atoms with Crippen LogP contribution >= 0.6 is 11.8 Å². The van der Waals surface area contributed by atoms with Crippen LogP contribution in [0.15, 0.2) is 107 Å². The molecule has 0 heterocycles. The van der Waals surface area contributed by atoms with Gasteiger partial charge in [0.2, 0.25) is 0 Å². The Labute approximate surface area is 257 Å². The summed E-state index contributed by atoms with van der Waals surface area (Å²) in [7, 11) is -3.29. The molecule has 11 nitrogen and oxygen atoms in total. The second kappa shape index (κ2) is 14.5. The number of ether oxygens (including phenoxy) is 1. The SMILES string of the molecule is COC(=O)NCC(CSc1ccccc1)Nc1ccc(S(=O)(=O)NC(=O)c2ccc(-c3ccc(F)cc3)cc2)cc1[N+](=O)[O-]. The third-order valence-corrected chi connectivity index (χ3v) is 8.76. The van der Waals surface area contributed by atoms with Gasteiger partial charge in [-0.1, -0.05) is 42.5 Å². The first-order chi connectivity index (χ1) is 21.1. The number of methoxy groups -OCH3 is 1. The number of amides is 2. The van der Waals surface area contributed by atoms with Crippen molar-refractivity contribution in [3.63, 3.8) is 0 Å². The molecule has 0 aliphatic heterocycles. The van der Waals surface area contributed by atoms with Crippen LogP contribution in [-0.4, -0.2) is 50.8 Å². The molecule has 0 spiro atoms. The molecule has 0 saturated carbocycles. The molecule has 4 aromatic rings. The number of thioether (sulfide) groups is 1. The monoisotopic (exact) mass is 638 g/mol. The van der Waals surface area contributed by atoms with E-state index in [1.807, 2.05) is 35.1 Å². The molecule has 4 aromatic carbocycles. The highest BCUT2D eigenvalue weighted by atomic mass is 32.2. The van der Waals surface area contributed by atoms with Crippen LogP contribution in [0.5, 0.6) is 0 Å². The highest BCUT2D eigenvalue weighted by molar-refractivity contribution is 7.99. The van der Waals surface area contributed by atoms with Crippen molar-refractivity contribution in [1.29, 1.82) is 0 Å². The van der Waals surface area contributed by atoms with Gasteiger partial charge in [-0.3, -0.25) is 14.9 Å². The lowest BCUT2D eigenvalue weighted by atomic mass is 10.0. The molecule has 0 aliphatic carbocycles. The molecule has 0 bridgehead atoms. The third-order valence-electron chi connectivity index (χ3n) is 6.26. The number of anilines is 1. The highest BCUT2D eigenvalue weighted by Gasteiger charge is 2.25. The summed E-state index contributed by atoms with van der Waals surface area (Å²) in [6.07, 6.45) is -0.682. The van der Waals surface area contributed by atoms with Crippen LogP contribution < -0.4 is 15.4 Å². The van der Waals surface area contributed by atoms with Crippen molar-refractivity contribution in [2.24, 2.45) is 0 Å². The maximum absolute atomic E-state index is 13.2. The van der Waals surface area contributed by atoms with Gasteiger partial charge in [0.25, 0.3) is 21.6 Å². The Morgan fingerprint density at radius 3 is 2.20 bits per heavy atom. The van der Waals surface area contributed by atoms with E-state index in [1.54, 1.807) is 24.3 Å². The summed E-state index contributed by atoms with van der Waals surface area (Å²) >= 11 is 1.45. The molecule has 1 unspecified atom stereocenters. The predicted molar refractivity (Wildman–Crippen MR) is 165 cm³/mol. The fraction of sp³-hybridized carbons (Fsp3) is 0.133. The molecule has 0 aromatic heterocycles. The Morgan fingerprint density at radius 2 is 1.59 bits per heavy atom. The molecular weight excluding hydrogens is 611 g/mol. The van der Waals surface area contributed by atoms with Crippen molar-refractivity contribution in [3.05, 3.63) is 119 Å². The molecule has 2 amide bonds. The molecule has 0 aliphatic rings. The van der Waals surface area contributed by atoms with Crippen molar-refractivity contribution in [3.8, 4) is 11.1 Å². The molecule has 1 atom stereocenters. The van der Waals surface area contributed by atoms with Gasteiger partial charge in [0.15, 0.2) is 0 Å². The number of benzene rings is 4. The van der Waals surface area contributed by atoms with Gasteiger partial charge in [-0.25, -0.2) is 22.3 Å². The lowest BCUT2D eigenvalue weighted by molar-refractivity contribution is -0.384. The number of carbonyl (C=O) groups is 2. The normalized spacial score (nSPS) is 11.7. The largest absolute Gasteiger partial charge is 0.453 e. The summed E-state index contributed by atoms with van der Waals surface area (Å²) in [6, 6.07) is 23.8. The maximum Gasteiger partial charge on any atom is 0.406 e. The number of nitro benzene ring substituents is 1. The van der Waals surface area contributed by atoms with Crippen molar-refractivity contribution in [2.45, 2.75) is 15.8 Å². The van der Waals surface area contributed by atoms with Crippen molar-refractivity contribution in [2.75, 3.05) is 24.7 Å². The second-order valence-corrected chi connectivity index (χ2v) is 12.1. The van der Waals surface area contributed by atoms with E-state index in [0.717, 1.165) is 17.0 Å². The standard InChI is InChI=1S/C30H27FN4O7S2/c1-42-30(37)32-18-24(19-43-25-5-3-2-4-6-25)33-27-16-15-26(17-28(27)35(38)39)44(40,41)34-29(36)22-9-7-20(8-10-22)21-11-13-23(31)14-12-21/h2-17,24,33H,18-19H2,1H3,(H,32,37)(H,34,36). The molecule has 44 heavy (non-hydrogen) atoms. The maximum atomic E-state index is 13.2. The Hall–Kier alpha value is -4.95. The van der Waals surface area contributed by atoms with Crippen LogP contribution in [-0.2, 0) is 14.8 Å². The van der Waals surface area contributed by atoms with Crippen LogP contribution in [0.3, 0.4) is 0 Å². The summed E-state index contributed by atoms with van der Waals surface area (Å²) in [5, 5.41) is 17.5. The molecule has 14 heteroatoms. The minimum absolute atomic E-state index is 0.0157. The molecule has 228 valence electrons. The lowest BCUT2D eigenvalue weighted by Gasteiger charge is -2.20. The third kappa shape index (κ3) is 8.55. The Balaban J connectivity index is 1.50. The molecule has 0 radical (unpaired) electrons. The van der Waals surface area contributed by atoms with Gasteiger partial charge in [-0.2, -0.15) is 0 Å². The van der Waals surface area contributed by atoms with Crippen LogP contribution in [0, 0.1) is 15.9 Å². The molecule has 0 saturated heterocycles. The lowest BCUT2D eigenvalue weighted by Crippen LogP contribution is -2.38. The summed E-state index contributed by atoms with van der Waals surface area (Å²) in [6.45, 7) is 0.0553. The van der Waals surface area contributed by atoms with E-state index in [4.69, 9.17) is 0 Å². The van der Waals surface area contributed by atoms with Crippen LogP contribution in [0.1, 0.15) is 10.4 Å². The zero-order valence-corrected chi connectivity index (χ0v) is 24.9. The van der Waals surface area contributed by atoms with E-state index in [1.165, 1.54) is 49.2 Å². The number of hydrogen-bond donors (Lipinski definition) is 3. The van der Waals surface area contributed by atoms with Gasteiger partial charge in [0.1, 0.15) is 11.5 Å². The fourth-order valence-electron chi connectivity index (χ4n) is 4.01. The minimum Gasteiger partial charge on any atom is -0.453 e. The quantitative estimate of drug-likeness (QED) is 0.104. The van der Waals surface area contributed by atoms with Crippen molar-refractivity contribution in [1.82, 2.24) is 10.0 Å². The first kappa shape index (κ1) is 32.0. The zero-order valence-electron chi connectivity index (χ0n) is 23.2. The van der Waals surface area contributed by atoms with Gasteiger partial charge in [-0.15, -0.1) is 11.8 Å². The molecular formula is C30H27FN4O7S2. The number of carbonyl (C=O) groups excluding carboxylic acids is 2. The number of nitrogens with zero attached hydrogens (tertiary/aromatic N) is 1. The van der Waals surface area contributed by atoms with Crippen LogP contribution in [0.4, 0.5) is 20.6 Å². The average Bonchev–Trinajstić information content (AvgIpc) is 3.02. The van der Waals surface area contributed by atoms with Gasteiger partial charge in [0.05, 0.1) is 23.0 Å². The molecule has 0 fully saturated rings. The number of halogens is 1. The number of sulfonamides is 1. The number of nitro groups is 1. The highest BCUT2D eigenvalue weighted by Crippen LogP contribution is 2.29. The Bertz CT molecular complexity index is 1740. The number of alkyl carbamates (subject to hydrolysis) is 1. The van der Waals surface area contributed by atoms with Crippen LogP contribution in [0.25, 0.3) is 11.1 Å². The van der Waals surface area contributed by atoms with Crippen molar-refractivity contribution >= 4 is 45.2 Å². The molecule has 3 N–H and O–H groups in total. The molecule has 4 rings (SSSR count). The minimum atomic E-state index is -4.50. The van der Waals surface area contributed by atoms with Gasteiger partial charge >= 0.3 is 6.09 Å². The summed E-state index contributed by atoms with van der Waals surface area (Å²) in [5.74, 6) is -0.940. The number of hydrogen-bond acceptors (Lipinski definition) is 9. The smallest absolute Gasteiger partial charge is 0.406 e. The van der Waals surface area contributed by atoms with Gasteiger partial charge in [-0.05, 0) is 59.7 Å². The predicted octanol–water partition coefficient (Wildman–Crippen LogP) is 5.45. The van der Waals surface area contributed by atoms with Crippen LogP contribution in [0.2, 0.25) is 0 Å². The number of rotatable bonds is 12. The van der Waals surface area contributed by atoms with Gasteiger partial charge in [0, 0.05) is 28.8 Å². The first-order valence-electron chi connectivity index (χ1n) is 13.0. The van der Waals surface area contributed by atoms with E-state index < -0.39 is 49.4 Å². The fourth-order valence-corrected chi connectivity index (χ4v) is 5.95. The van der Waals surface area contributed by atoms with Gasteiger partial charge < -0.3 is 15.4 Å². The summed E-state index contributed by atoms with van der Waals surface area (Å²) in [5.41, 5.74) is 0.891. The summed E-state index contributed by atoms with van der Waals surface area (Å²) < 4.78 is 45.8. The zero-order chi connectivity index (χ0) is 31.7. The number of nitrogens with one attached hydrogen (secondary N) is 3. The average molecular weight is 639 g/mol. The van der Waals surface area contributed by atoms with E-state index in [0.29, 0.717) is 16.9 Å². The van der Waals surface area contributed by atoms with E-state index in [2.05, 4.69) is 15.4 Å². The van der Waals surface area contributed by atoms with E-state index in [9.17, 15) is 32.5 Å². The Kier molecular flexibility index (Phi) is 10.5. The topological polar surface area (TPSA) is 157 Å². The van der Waals surface area contributed by atoms with E-state index in [-0.39, 0.29) is 17.8 Å².